The van der Waals surface area contributed by atoms with E-state index in [4.69, 9.17) is 0 Å². The lowest BCUT2D eigenvalue weighted by atomic mass is 10.3. The van der Waals surface area contributed by atoms with Crippen LogP contribution in [0.2, 0.25) is 0 Å². The molecule has 0 unspecified atom stereocenters. The van der Waals surface area contributed by atoms with E-state index in [1.54, 1.807) is 0 Å². The fourth-order valence-electron chi connectivity index (χ4n) is 1.04. The molecule has 1 aromatic carbocycles. The number of aromatic amines is 1. The van der Waals surface area contributed by atoms with Gasteiger partial charge in [-0.25, -0.2) is 17.9 Å². The van der Waals surface area contributed by atoms with Crippen LogP contribution in [0, 0.1) is 22.2 Å². The van der Waals surface area contributed by atoms with Crippen molar-refractivity contribution in [3.63, 3.8) is 0 Å². The lowest BCUT2D eigenvalue weighted by Gasteiger charge is -2.02. The average molecular weight is 232 g/mol. The molecule has 4 nitrogen and oxygen atoms in total. The van der Waals surface area contributed by atoms with Crippen molar-refractivity contribution in [2.24, 2.45) is 0 Å². The number of aromatic nitrogens is 4. The molecule has 8 heteroatoms. The Morgan fingerprint density at radius 1 is 1.13 bits per heavy atom. The second-order valence-electron chi connectivity index (χ2n) is 2.64. The monoisotopic (exact) mass is 232 g/mol. The van der Waals surface area contributed by atoms with E-state index in [1.165, 1.54) is 0 Å². The van der Waals surface area contributed by atoms with Crippen molar-refractivity contribution in [3.8, 4) is 5.69 Å². The van der Waals surface area contributed by atoms with Gasteiger partial charge in [-0.2, -0.15) is 5.21 Å². The maximum absolute atomic E-state index is 13.2. The van der Waals surface area contributed by atoms with E-state index in [-0.39, 0.29) is 10.5 Å². The van der Waals surface area contributed by atoms with Crippen molar-refractivity contribution in [1.29, 1.82) is 0 Å². The summed E-state index contributed by atoms with van der Waals surface area (Å²) in [5, 5.41) is 8.90. The maximum Gasteiger partial charge on any atom is 0.243 e. The fourth-order valence-corrected chi connectivity index (χ4v) is 1.22. The fraction of sp³-hybridized carbons (Fsp3) is 0. The minimum Gasteiger partial charge on any atom is -0.206 e. The molecule has 1 heterocycles. The first kappa shape index (κ1) is 9.84. The first-order valence-electron chi connectivity index (χ1n) is 3.74. The van der Waals surface area contributed by atoms with E-state index in [9.17, 15) is 13.2 Å². The van der Waals surface area contributed by atoms with Gasteiger partial charge in [0.2, 0.25) is 4.77 Å². The molecule has 0 saturated carbocycles. The predicted molar refractivity (Wildman–Crippen MR) is 46.4 cm³/mol. The third kappa shape index (κ3) is 1.63. The van der Waals surface area contributed by atoms with Gasteiger partial charge < -0.3 is 0 Å². The van der Waals surface area contributed by atoms with Crippen molar-refractivity contribution in [1.82, 2.24) is 20.2 Å². The summed E-state index contributed by atoms with van der Waals surface area (Å²) in [5.41, 5.74) is -0.274. The highest BCUT2D eigenvalue weighted by atomic mass is 32.1. The normalized spacial score (nSPS) is 10.6. The van der Waals surface area contributed by atoms with E-state index in [0.29, 0.717) is 12.1 Å². The molecule has 15 heavy (non-hydrogen) atoms. The molecular weight excluding hydrogens is 229 g/mol. The van der Waals surface area contributed by atoms with Gasteiger partial charge in [0.1, 0.15) is 5.69 Å². The minimum atomic E-state index is -1.27. The molecule has 0 aliphatic rings. The Morgan fingerprint density at radius 2 is 1.80 bits per heavy atom. The number of hydrogen-bond donors (Lipinski definition) is 1. The van der Waals surface area contributed by atoms with E-state index in [0.717, 1.165) is 4.68 Å². The van der Waals surface area contributed by atoms with Crippen LogP contribution in [0.25, 0.3) is 5.69 Å². The molecule has 1 N–H and O–H groups in total. The van der Waals surface area contributed by atoms with Crippen LogP contribution < -0.4 is 0 Å². The molecule has 0 atom stereocenters. The van der Waals surface area contributed by atoms with Crippen molar-refractivity contribution in [3.05, 3.63) is 34.4 Å². The molecular formula is C7H3F3N4S. The van der Waals surface area contributed by atoms with Crippen LogP contribution in [0.3, 0.4) is 0 Å². The quantitative estimate of drug-likeness (QED) is 0.601. The second kappa shape index (κ2) is 3.46. The van der Waals surface area contributed by atoms with Gasteiger partial charge in [0.25, 0.3) is 0 Å². The second-order valence-corrected chi connectivity index (χ2v) is 3.00. The summed E-state index contributed by atoms with van der Waals surface area (Å²) >= 11 is 4.68. The third-order valence-electron chi connectivity index (χ3n) is 1.70. The van der Waals surface area contributed by atoms with Gasteiger partial charge in [0, 0.05) is 12.1 Å². The number of hydrogen-bond acceptors (Lipinski definition) is 3. The molecule has 1 aromatic heterocycles. The van der Waals surface area contributed by atoms with Crippen molar-refractivity contribution >= 4 is 12.2 Å². The molecule has 0 aliphatic carbocycles. The zero-order chi connectivity index (χ0) is 11.0. The molecule has 0 bridgehead atoms. The van der Waals surface area contributed by atoms with Gasteiger partial charge >= 0.3 is 0 Å². The topological polar surface area (TPSA) is 46.5 Å². The predicted octanol–water partition coefficient (Wildman–Crippen LogP) is 1.74. The number of nitrogens with one attached hydrogen (secondary N) is 1. The highest BCUT2D eigenvalue weighted by Crippen LogP contribution is 2.16. The van der Waals surface area contributed by atoms with Gasteiger partial charge in [0.15, 0.2) is 17.5 Å². The average Bonchev–Trinajstić information content (AvgIpc) is 2.58. The van der Waals surface area contributed by atoms with Crippen LogP contribution in [-0.4, -0.2) is 20.2 Å². The summed E-state index contributed by atoms with van der Waals surface area (Å²) in [7, 11) is 0. The summed E-state index contributed by atoms with van der Waals surface area (Å²) in [4.78, 5) is 0. The summed E-state index contributed by atoms with van der Waals surface area (Å²) in [6, 6.07) is 1.09. The van der Waals surface area contributed by atoms with Crippen LogP contribution >= 0.6 is 12.2 Å². The Morgan fingerprint density at radius 3 is 2.40 bits per heavy atom. The van der Waals surface area contributed by atoms with Crippen LogP contribution in [0.4, 0.5) is 13.2 Å². The van der Waals surface area contributed by atoms with E-state index in [2.05, 4.69) is 27.7 Å². The number of H-pyrrole nitrogens is 1. The van der Waals surface area contributed by atoms with Crippen molar-refractivity contribution in [2.45, 2.75) is 0 Å². The first-order chi connectivity index (χ1) is 7.09. The van der Waals surface area contributed by atoms with E-state index < -0.39 is 17.5 Å². The van der Waals surface area contributed by atoms with Crippen LogP contribution in [0.1, 0.15) is 0 Å². The molecule has 0 fully saturated rings. The van der Waals surface area contributed by atoms with Gasteiger partial charge in [0.05, 0.1) is 0 Å². The van der Waals surface area contributed by atoms with E-state index in [1.807, 2.05) is 0 Å². The summed E-state index contributed by atoms with van der Waals surface area (Å²) in [5.74, 6) is -3.41. The van der Waals surface area contributed by atoms with Crippen LogP contribution in [-0.2, 0) is 0 Å². The van der Waals surface area contributed by atoms with Gasteiger partial charge in [-0.1, -0.05) is 10.3 Å². The molecule has 0 spiro atoms. The molecule has 0 amide bonds. The molecule has 78 valence electrons. The Hall–Kier alpha value is -1.70. The molecule has 0 aliphatic heterocycles. The lowest BCUT2D eigenvalue weighted by molar-refractivity contribution is 0.491. The smallest absolute Gasteiger partial charge is 0.206 e. The number of halogens is 3. The summed E-state index contributed by atoms with van der Waals surface area (Å²) in [6.07, 6.45) is 0. The Labute approximate surface area is 86.3 Å². The molecule has 0 radical (unpaired) electrons. The number of tetrazole rings is 1. The lowest BCUT2D eigenvalue weighted by Crippen LogP contribution is -2.02. The zero-order valence-electron chi connectivity index (χ0n) is 7.04. The Kier molecular flexibility index (Phi) is 2.27. The molecule has 2 aromatic rings. The van der Waals surface area contributed by atoms with E-state index >= 15 is 0 Å². The number of nitrogens with zero attached hydrogens (tertiary/aromatic N) is 3. The number of benzene rings is 1. The minimum absolute atomic E-state index is 0.0834. The Balaban J connectivity index is 2.69. The third-order valence-corrected chi connectivity index (χ3v) is 1.97. The number of rotatable bonds is 1. The summed E-state index contributed by atoms with van der Waals surface area (Å²) in [6.45, 7) is 0. The highest BCUT2D eigenvalue weighted by molar-refractivity contribution is 7.71. The maximum atomic E-state index is 13.2. The standard InChI is InChI=1S/C7H3F3N4S/c8-3-1-5(10)6(2-4(3)9)14-7(15)11-12-13-14/h1-2H,(H,11,13,15). The first-order valence-corrected chi connectivity index (χ1v) is 4.15. The molecule has 0 saturated heterocycles. The molecule has 2 rings (SSSR count). The van der Waals surface area contributed by atoms with Gasteiger partial charge in [-0.3, -0.25) is 0 Å². The van der Waals surface area contributed by atoms with Gasteiger partial charge in [-0.05, 0) is 12.2 Å². The Bertz CT molecular complexity index is 562. The van der Waals surface area contributed by atoms with Crippen LogP contribution in [0.15, 0.2) is 12.1 Å². The van der Waals surface area contributed by atoms with Crippen molar-refractivity contribution < 1.29 is 13.2 Å². The van der Waals surface area contributed by atoms with Crippen LogP contribution in [0.5, 0.6) is 0 Å². The zero-order valence-corrected chi connectivity index (χ0v) is 7.85. The highest BCUT2D eigenvalue weighted by Gasteiger charge is 2.12. The SMILES string of the molecule is Fc1cc(F)c(-n2[nH]nnc2=S)cc1F. The van der Waals surface area contributed by atoms with Crippen molar-refractivity contribution in [2.75, 3.05) is 0 Å². The van der Waals surface area contributed by atoms with Gasteiger partial charge in [-0.15, -0.1) is 0 Å². The summed E-state index contributed by atoms with van der Waals surface area (Å²) < 4.78 is 39.5. The largest absolute Gasteiger partial charge is 0.243 e.